The van der Waals surface area contributed by atoms with Gasteiger partial charge in [-0.3, -0.25) is 10.1 Å². The van der Waals surface area contributed by atoms with Gasteiger partial charge in [0.25, 0.3) is 0 Å². The van der Waals surface area contributed by atoms with Gasteiger partial charge >= 0.3 is 5.69 Å². The van der Waals surface area contributed by atoms with E-state index in [1.165, 1.54) is 12.8 Å². The van der Waals surface area contributed by atoms with Crippen LogP contribution in [0.2, 0.25) is 0 Å². The van der Waals surface area contributed by atoms with Gasteiger partial charge in [-0.25, -0.2) is 0 Å². The molecule has 0 unspecified atom stereocenters. The molecule has 1 saturated carbocycles. The molecular weight excluding hydrogens is 256 g/mol. The summed E-state index contributed by atoms with van der Waals surface area (Å²) in [5.41, 5.74) is 0.886. The van der Waals surface area contributed by atoms with Crippen LogP contribution in [0.1, 0.15) is 33.6 Å². The zero-order valence-electron chi connectivity index (χ0n) is 12.3. The fraction of sp³-hybridized carbons (Fsp3) is 0.600. The second-order valence-corrected chi connectivity index (χ2v) is 5.71. The normalized spacial score (nSPS) is 16.0. The van der Waals surface area contributed by atoms with Gasteiger partial charge in [-0.2, -0.15) is 0 Å². The van der Waals surface area contributed by atoms with Crippen molar-refractivity contribution in [2.75, 3.05) is 18.5 Å². The van der Waals surface area contributed by atoms with Crippen LogP contribution in [0.4, 0.5) is 11.4 Å². The molecule has 0 heterocycles. The minimum Gasteiger partial charge on any atom is -0.487 e. The molecule has 5 heteroatoms. The van der Waals surface area contributed by atoms with Gasteiger partial charge in [-0.15, -0.1) is 0 Å². The minimum absolute atomic E-state index is 0.0360. The number of benzene rings is 1. The molecule has 1 fully saturated rings. The molecular formula is C15H22N2O3. The van der Waals surface area contributed by atoms with E-state index in [4.69, 9.17) is 4.74 Å². The molecule has 1 aromatic rings. The molecule has 0 radical (unpaired) electrons. The minimum atomic E-state index is -0.373. The summed E-state index contributed by atoms with van der Waals surface area (Å²) in [5, 5.41) is 14.5. The lowest BCUT2D eigenvalue weighted by atomic mass is 9.92. The molecule has 0 aliphatic heterocycles. The predicted molar refractivity (Wildman–Crippen MR) is 79.3 cm³/mol. The average molecular weight is 278 g/mol. The Bertz CT molecular complexity index is 496. The van der Waals surface area contributed by atoms with Gasteiger partial charge in [0.1, 0.15) is 5.69 Å². The molecule has 1 aromatic carbocycles. The molecule has 1 aliphatic rings. The van der Waals surface area contributed by atoms with Crippen LogP contribution >= 0.6 is 0 Å². The monoisotopic (exact) mass is 278 g/mol. The zero-order valence-corrected chi connectivity index (χ0v) is 12.3. The first kappa shape index (κ1) is 14.6. The summed E-state index contributed by atoms with van der Waals surface area (Å²) in [6, 6.07) is 5.18. The number of ether oxygens (including phenoxy) is 1. The summed E-state index contributed by atoms with van der Waals surface area (Å²) in [6.45, 7) is 7.43. The highest BCUT2D eigenvalue weighted by Crippen LogP contribution is 2.52. The van der Waals surface area contributed by atoms with E-state index in [0.717, 1.165) is 6.54 Å². The fourth-order valence-corrected chi connectivity index (χ4v) is 2.52. The first-order chi connectivity index (χ1) is 9.50. The maximum absolute atomic E-state index is 11.3. The van der Waals surface area contributed by atoms with Crippen LogP contribution in [0.5, 0.6) is 5.75 Å². The number of anilines is 1. The second-order valence-electron chi connectivity index (χ2n) is 5.71. The van der Waals surface area contributed by atoms with Gasteiger partial charge in [0.05, 0.1) is 11.5 Å². The summed E-state index contributed by atoms with van der Waals surface area (Å²) in [7, 11) is 0. The summed E-state index contributed by atoms with van der Waals surface area (Å²) < 4.78 is 5.35. The van der Waals surface area contributed by atoms with Crippen molar-refractivity contribution in [1.29, 1.82) is 0 Å². The van der Waals surface area contributed by atoms with E-state index < -0.39 is 0 Å². The van der Waals surface area contributed by atoms with E-state index in [0.29, 0.717) is 29.4 Å². The summed E-state index contributed by atoms with van der Waals surface area (Å²) >= 11 is 0. The Kier molecular flexibility index (Phi) is 4.16. The number of hydrogen-bond acceptors (Lipinski definition) is 4. The van der Waals surface area contributed by atoms with Gasteiger partial charge in [0, 0.05) is 6.54 Å². The van der Waals surface area contributed by atoms with E-state index in [2.05, 4.69) is 19.2 Å². The lowest BCUT2D eigenvalue weighted by Gasteiger charge is -2.21. The maximum Gasteiger partial charge on any atom is 0.333 e. The molecule has 2 rings (SSSR count). The van der Waals surface area contributed by atoms with E-state index in [1.807, 2.05) is 6.92 Å². The topological polar surface area (TPSA) is 64.4 Å². The summed E-state index contributed by atoms with van der Waals surface area (Å²) in [6.07, 6.45) is 2.38. The number of nitro groups is 1. The van der Waals surface area contributed by atoms with Crippen LogP contribution in [0, 0.1) is 21.4 Å². The van der Waals surface area contributed by atoms with Crippen molar-refractivity contribution in [3.8, 4) is 5.75 Å². The fourth-order valence-electron chi connectivity index (χ4n) is 2.52. The number of para-hydroxylation sites is 1. The van der Waals surface area contributed by atoms with Crippen LogP contribution < -0.4 is 10.1 Å². The van der Waals surface area contributed by atoms with Crippen LogP contribution in [-0.4, -0.2) is 18.1 Å². The molecule has 1 aliphatic carbocycles. The number of nitro benzene ring substituents is 1. The number of rotatable bonds is 7. The largest absolute Gasteiger partial charge is 0.487 e. The highest BCUT2D eigenvalue weighted by atomic mass is 16.6. The first-order valence-corrected chi connectivity index (χ1v) is 7.14. The van der Waals surface area contributed by atoms with Gasteiger partial charge < -0.3 is 10.1 Å². The Morgan fingerprint density at radius 1 is 1.45 bits per heavy atom. The smallest absolute Gasteiger partial charge is 0.333 e. The van der Waals surface area contributed by atoms with Crippen LogP contribution in [0.25, 0.3) is 0 Å². The molecule has 110 valence electrons. The highest BCUT2D eigenvalue weighted by molar-refractivity contribution is 5.68. The second kappa shape index (κ2) is 5.69. The predicted octanol–water partition coefficient (Wildman–Crippen LogP) is 3.84. The number of nitrogens with one attached hydrogen (secondary N) is 1. The van der Waals surface area contributed by atoms with Gasteiger partial charge in [0.2, 0.25) is 0 Å². The molecule has 0 amide bonds. The van der Waals surface area contributed by atoms with Gasteiger partial charge in [-0.1, -0.05) is 19.9 Å². The van der Waals surface area contributed by atoms with Crippen molar-refractivity contribution in [3.05, 3.63) is 28.3 Å². The van der Waals surface area contributed by atoms with E-state index in [1.54, 1.807) is 18.2 Å². The number of nitrogens with zero attached hydrogens (tertiary/aromatic N) is 1. The zero-order chi connectivity index (χ0) is 14.8. The first-order valence-electron chi connectivity index (χ1n) is 7.14. The summed E-state index contributed by atoms with van der Waals surface area (Å²) in [5.74, 6) is 0.918. The Morgan fingerprint density at radius 2 is 2.15 bits per heavy atom. The molecule has 0 aromatic heterocycles. The highest BCUT2D eigenvalue weighted by Gasteiger charge is 2.45. The third kappa shape index (κ3) is 2.86. The van der Waals surface area contributed by atoms with Crippen LogP contribution in [-0.2, 0) is 0 Å². The molecule has 0 spiro atoms. The van der Waals surface area contributed by atoms with Crippen molar-refractivity contribution >= 4 is 11.4 Å². The van der Waals surface area contributed by atoms with Crippen LogP contribution in [0.3, 0.4) is 0 Å². The molecule has 20 heavy (non-hydrogen) atoms. The average Bonchev–Trinajstić information content (AvgIpc) is 3.17. The van der Waals surface area contributed by atoms with Crippen molar-refractivity contribution in [3.63, 3.8) is 0 Å². The third-order valence-corrected chi connectivity index (χ3v) is 4.23. The van der Waals surface area contributed by atoms with Gasteiger partial charge in [-0.05, 0) is 43.2 Å². The molecule has 0 saturated heterocycles. The molecule has 5 nitrogen and oxygen atoms in total. The molecule has 0 atom stereocenters. The maximum atomic E-state index is 11.3. The Balaban J connectivity index is 2.19. The third-order valence-electron chi connectivity index (χ3n) is 4.23. The Hall–Kier alpha value is -1.78. The van der Waals surface area contributed by atoms with E-state index >= 15 is 0 Å². The standard InChI is InChI=1S/C15H22N2O3/c1-4-20-13-7-5-6-12(14(13)17(18)19)16-10-15(8-9-15)11(2)3/h5-7,11,16H,4,8-10H2,1-3H3. The quantitative estimate of drug-likeness (QED) is 0.608. The van der Waals surface area contributed by atoms with Crippen molar-refractivity contribution in [2.45, 2.75) is 33.6 Å². The molecule has 0 bridgehead atoms. The van der Waals surface area contributed by atoms with Gasteiger partial charge in [0.15, 0.2) is 5.75 Å². The van der Waals surface area contributed by atoms with E-state index in [-0.39, 0.29) is 10.6 Å². The van der Waals surface area contributed by atoms with Crippen molar-refractivity contribution < 1.29 is 9.66 Å². The lowest BCUT2D eigenvalue weighted by molar-refractivity contribution is -0.384. The van der Waals surface area contributed by atoms with E-state index in [9.17, 15) is 10.1 Å². The number of hydrogen-bond donors (Lipinski definition) is 1. The Labute approximate surface area is 119 Å². The Morgan fingerprint density at radius 3 is 2.65 bits per heavy atom. The molecule has 1 N–H and O–H groups in total. The SMILES string of the molecule is CCOc1cccc(NCC2(C(C)C)CC2)c1[N+](=O)[O-]. The van der Waals surface area contributed by atoms with Crippen molar-refractivity contribution in [2.24, 2.45) is 11.3 Å². The summed E-state index contributed by atoms with van der Waals surface area (Å²) in [4.78, 5) is 10.9. The van der Waals surface area contributed by atoms with Crippen molar-refractivity contribution in [1.82, 2.24) is 0 Å². The van der Waals surface area contributed by atoms with Crippen LogP contribution in [0.15, 0.2) is 18.2 Å². The lowest BCUT2D eigenvalue weighted by Crippen LogP contribution is -2.21.